The molecule has 64 valence electrons. The minimum atomic E-state index is -0.146. The van der Waals surface area contributed by atoms with Gasteiger partial charge in [-0.1, -0.05) is 0 Å². The van der Waals surface area contributed by atoms with Crippen molar-refractivity contribution in [2.24, 2.45) is 0 Å². The first kappa shape index (κ1) is 9.11. The molecular weight excluding hydrogens is 151 g/mol. The van der Waals surface area contributed by atoms with Crippen molar-refractivity contribution in [1.29, 1.82) is 0 Å². The van der Waals surface area contributed by atoms with Crippen molar-refractivity contribution in [3.8, 4) is 0 Å². The fourth-order valence-corrected chi connectivity index (χ4v) is 1.37. The lowest BCUT2D eigenvalue weighted by atomic mass is 9.94. The highest BCUT2D eigenvalue weighted by Gasteiger charge is 2.14. The lowest BCUT2D eigenvalue weighted by Gasteiger charge is -2.03. The summed E-state index contributed by atoms with van der Waals surface area (Å²) < 4.78 is 12.8. The Morgan fingerprint density at radius 1 is 1.25 bits per heavy atom. The van der Waals surface area contributed by atoms with Crippen LogP contribution in [0.15, 0.2) is 24.3 Å². The summed E-state index contributed by atoms with van der Waals surface area (Å²) in [5.41, 5.74) is 1.04. The molecule has 0 aliphatic carbocycles. The molecule has 1 aromatic carbocycles. The van der Waals surface area contributed by atoms with Gasteiger partial charge in [0.2, 0.25) is 0 Å². The van der Waals surface area contributed by atoms with Crippen LogP contribution in [0.5, 0.6) is 0 Å². The van der Waals surface area contributed by atoms with Gasteiger partial charge in [0.05, 0.1) is 6.07 Å². The van der Waals surface area contributed by atoms with Gasteiger partial charge in [0.25, 0.3) is 0 Å². The van der Waals surface area contributed by atoms with Gasteiger partial charge in [-0.05, 0) is 19.9 Å². The predicted octanol–water partition coefficient (Wildman–Crippen LogP) is 3.57. The SMILES string of the molecule is CC[C+](CC)c1cccc(F)c1. The van der Waals surface area contributed by atoms with E-state index >= 15 is 0 Å². The Balaban J connectivity index is 2.85. The van der Waals surface area contributed by atoms with Gasteiger partial charge in [0, 0.05) is 30.9 Å². The summed E-state index contributed by atoms with van der Waals surface area (Å²) in [7, 11) is 0. The molecule has 12 heavy (non-hydrogen) atoms. The molecule has 1 rings (SSSR count). The molecule has 0 fully saturated rings. The zero-order valence-electron chi connectivity index (χ0n) is 7.60. The first-order valence-corrected chi connectivity index (χ1v) is 4.38. The normalized spacial score (nSPS) is 9.92. The predicted molar refractivity (Wildman–Crippen MR) is 49.3 cm³/mol. The molecule has 0 heterocycles. The highest BCUT2D eigenvalue weighted by molar-refractivity contribution is 5.30. The van der Waals surface area contributed by atoms with E-state index in [2.05, 4.69) is 13.8 Å². The third-order valence-corrected chi connectivity index (χ3v) is 2.09. The summed E-state index contributed by atoms with van der Waals surface area (Å²) >= 11 is 0. The number of rotatable bonds is 3. The maximum Gasteiger partial charge on any atom is 0.180 e. The van der Waals surface area contributed by atoms with Crippen molar-refractivity contribution in [2.45, 2.75) is 26.7 Å². The van der Waals surface area contributed by atoms with Crippen LogP contribution in [0.1, 0.15) is 32.3 Å². The van der Waals surface area contributed by atoms with Crippen molar-refractivity contribution in [2.75, 3.05) is 0 Å². The molecule has 0 aromatic heterocycles. The maximum absolute atomic E-state index is 12.8. The molecule has 0 aliphatic heterocycles. The van der Waals surface area contributed by atoms with Crippen LogP contribution in [0.25, 0.3) is 0 Å². The summed E-state index contributed by atoms with van der Waals surface area (Å²) in [5, 5.41) is 0. The first-order chi connectivity index (χ1) is 5.77. The van der Waals surface area contributed by atoms with Gasteiger partial charge >= 0.3 is 0 Å². The van der Waals surface area contributed by atoms with E-state index in [0.29, 0.717) is 0 Å². The van der Waals surface area contributed by atoms with E-state index < -0.39 is 0 Å². The minimum Gasteiger partial charge on any atom is -0.191 e. The Morgan fingerprint density at radius 2 is 1.92 bits per heavy atom. The highest BCUT2D eigenvalue weighted by Crippen LogP contribution is 2.21. The second-order valence-corrected chi connectivity index (χ2v) is 2.82. The Hall–Kier alpha value is -0.980. The van der Waals surface area contributed by atoms with Gasteiger partial charge in [-0.25, -0.2) is 0 Å². The average Bonchev–Trinajstić information content (AvgIpc) is 2.07. The monoisotopic (exact) mass is 165 g/mol. The van der Waals surface area contributed by atoms with E-state index in [9.17, 15) is 4.39 Å². The third-order valence-electron chi connectivity index (χ3n) is 2.09. The Labute approximate surface area is 73.4 Å². The van der Waals surface area contributed by atoms with E-state index in [1.54, 1.807) is 12.1 Å². The van der Waals surface area contributed by atoms with Gasteiger partial charge in [0.1, 0.15) is 5.56 Å². The summed E-state index contributed by atoms with van der Waals surface area (Å²) in [6.45, 7) is 4.20. The maximum atomic E-state index is 12.8. The zero-order chi connectivity index (χ0) is 8.97. The van der Waals surface area contributed by atoms with E-state index in [1.165, 1.54) is 12.0 Å². The van der Waals surface area contributed by atoms with Gasteiger partial charge in [-0.15, -0.1) is 0 Å². The largest absolute Gasteiger partial charge is 0.191 e. The molecule has 1 heteroatoms. The Kier molecular flexibility index (Phi) is 3.15. The lowest BCUT2D eigenvalue weighted by Crippen LogP contribution is -1.96. The molecule has 0 saturated carbocycles. The fraction of sp³-hybridized carbons (Fsp3) is 0.364. The summed E-state index contributed by atoms with van der Waals surface area (Å²) in [4.78, 5) is 0. The van der Waals surface area contributed by atoms with Crippen LogP contribution in [0.3, 0.4) is 0 Å². The van der Waals surface area contributed by atoms with E-state index in [4.69, 9.17) is 0 Å². The van der Waals surface area contributed by atoms with Crippen molar-refractivity contribution in [1.82, 2.24) is 0 Å². The molecule has 0 N–H and O–H groups in total. The second-order valence-electron chi connectivity index (χ2n) is 2.82. The zero-order valence-corrected chi connectivity index (χ0v) is 7.60. The smallest absolute Gasteiger partial charge is 0.180 e. The summed E-state index contributed by atoms with van der Waals surface area (Å²) in [5.74, 6) is 1.17. The van der Waals surface area contributed by atoms with Crippen LogP contribution in [0.4, 0.5) is 4.39 Å². The van der Waals surface area contributed by atoms with Crippen molar-refractivity contribution in [3.63, 3.8) is 0 Å². The van der Waals surface area contributed by atoms with Gasteiger partial charge in [0.15, 0.2) is 5.82 Å². The average molecular weight is 165 g/mol. The first-order valence-electron chi connectivity index (χ1n) is 4.38. The molecule has 0 saturated heterocycles. The number of halogens is 1. The van der Waals surface area contributed by atoms with Crippen molar-refractivity contribution < 1.29 is 4.39 Å². The fourth-order valence-electron chi connectivity index (χ4n) is 1.37. The molecule has 0 amide bonds. The molecule has 0 aliphatic rings. The molecule has 0 radical (unpaired) electrons. The van der Waals surface area contributed by atoms with E-state index in [0.717, 1.165) is 18.4 Å². The Morgan fingerprint density at radius 3 is 2.42 bits per heavy atom. The molecule has 0 unspecified atom stereocenters. The number of benzene rings is 1. The van der Waals surface area contributed by atoms with E-state index in [1.807, 2.05) is 6.07 Å². The van der Waals surface area contributed by atoms with Gasteiger partial charge in [-0.2, -0.15) is 4.39 Å². The van der Waals surface area contributed by atoms with E-state index in [-0.39, 0.29) is 5.82 Å². The van der Waals surface area contributed by atoms with Crippen LogP contribution in [-0.2, 0) is 0 Å². The van der Waals surface area contributed by atoms with Crippen LogP contribution >= 0.6 is 0 Å². The molecule has 0 nitrogen and oxygen atoms in total. The second kappa shape index (κ2) is 4.15. The molecule has 0 atom stereocenters. The Bertz CT molecular complexity index is 239. The highest BCUT2D eigenvalue weighted by atomic mass is 19.1. The van der Waals surface area contributed by atoms with Crippen LogP contribution in [0, 0.1) is 11.7 Å². The topological polar surface area (TPSA) is 0 Å². The molecule has 1 aromatic rings. The van der Waals surface area contributed by atoms with Gasteiger partial charge < -0.3 is 0 Å². The quantitative estimate of drug-likeness (QED) is 0.601. The molecule has 0 bridgehead atoms. The van der Waals surface area contributed by atoms with Crippen molar-refractivity contribution >= 4 is 0 Å². The van der Waals surface area contributed by atoms with Gasteiger partial charge in [-0.3, -0.25) is 0 Å². The number of hydrogen-bond acceptors (Lipinski definition) is 0. The number of hydrogen-bond donors (Lipinski definition) is 0. The van der Waals surface area contributed by atoms with Crippen LogP contribution in [0.2, 0.25) is 0 Å². The summed E-state index contributed by atoms with van der Waals surface area (Å²) in [6.07, 6.45) is 2.00. The minimum absolute atomic E-state index is 0.146. The standard InChI is InChI=1S/C11H14F/c1-3-9(4-2)10-6-5-7-11(12)8-10/h5-8H,3-4H2,1-2H3/q+1. The van der Waals surface area contributed by atoms with Crippen molar-refractivity contribution in [3.05, 3.63) is 41.6 Å². The van der Waals surface area contributed by atoms with Crippen LogP contribution in [-0.4, -0.2) is 0 Å². The van der Waals surface area contributed by atoms with Crippen LogP contribution < -0.4 is 0 Å². The molecular formula is C11H14F+. The lowest BCUT2D eigenvalue weighted by molar-refractivity contribution is 0.625. The summed E-state index contributed by atoms with van der Waals surface area (Å²) in [6, 6.07) is 6.80. The third kappa shape index (κ3) is 2.00. The molecule has 0 spiro atoms.